The molecule has 2 N–H and O–H groups in total. The molecule has 0 saturated carbocycles. The number of hydrogen-bond acceptors (Lipinski definition) is 3. The second-order valence-electron chi connectivity index (χ2n) is 5.51. The Labute approximate surface area is 116 Å². The predicted octanol–water partition coefficient (Wildman–Crippen LogP) is 3.42. The zero-order valence-electron chi connectivity index (χ0n) is 12.7. The molecule has 0 amide bonds. The second-order valence-corrected chi connectivity index (χ2v) is 5.51. The van der Waals surface area contributed by atoms with Gasteiger partial charge >= 0.3 is 0 Å². The average molecular weight is 260 g/mol. The van der Waals surface area contributed by atoms with Crippen molar-refractivity contribution < 1.29 is 4.74 Å². The van der Waals surface area contributed by atoms with Gasteiger partial charge in [-0.05, 0) is 43.4 Å². The van der Waals surface area contributed by atoms with Crippen molar-refractivity contribution in [1.29, 1.82) is 5.26 Å². The van der Waals surface area contributed by atoms with E-state index in [1.807, 2.05) is 27.7 Å². The van der Waals surface area contributed by atoms with E-state index in [9.17, 15) is 5.26 Å². The number of ether oxygens (including phenoxy) is 1. The molecule has 3 heteroatoms. The molecule has 19 heavy (non-hydrogen) atoms. The first-order chi connectivity index (χ1) is 8.84. The summed E-state index contributed by atoms with van der Waals surface area (Å²) in [4.78, 5) is 0. The lowest BCUT2D eigenvalue weighted by molar-refractivity contribution is 0.369. The molecule has 0 fully saturated rings. The Bertz CT molecular complexity index is 500. The van der Waals surface area contributed by atoms with Crippen molar-refractivity contribution in [3.63, 3.8) is 0 Å². The molecule has 0 spiro atoms. The molecule has 0 aliphatic rings. The molecule has 3 nitrogen and oxygen atoms in total. The van der Waals surface area contributed by atoms with Crippen LogP contribution in [0.5, 0.6) is 5.75 Å². The Hall–Kier alpha value is -1.53. The highest BCUT2D eigenvalue weighted by Gasteiger charge is 2.27. The van der Waals surface area contributed by atoms with E-state index >= 15 is 0 Å². The van der Waals surface area contributed by atoms with Gasteiger partial charge in [-0.3, -0.25) is 0 Å². The number of nitrogens with zero attached hydrogens (tertiary/aromatic N) is 1. The summed E-state index contributed by atoms with van der Waals surface area (Å²) in [5.74, 6) is 0.825. The predicted molar refractivity (Wildman–Crippen MR) is 78.1 cm³/mol. The Morgan fingerprint density at radius 3 is 2.21 bits per heavy atom. The Morgan fingerprint density at radius 2 is 1.79 bits per heavy atom. The summed E-state index contributed by atoms with van der Waals surface area (Å²) in [6, 6.07) is 4.12. The van der Waals surface area contributed by atoms with E-state index in [2.05, 4.69) is 19.1 Å². The number of rotatable bonds is 4. The van der Waals surface area contributed by atoms with Gasteiger partial charge in [0, 0.05) is 11.6 Å². The van der Waals surface area contributed by atoms with Gasteiger partial charge in [-0.15, -0.1) is 0 Å². The molecule has 0 saturated heterocycles. The number of hydrogen-bond donors (Lipinski definition) is 1. The van der Waals surface area contributed by atoms with Crippen molar-refractivity contribution in [1.82, 2.24) is 0 Å². The second kappa shape index (κ2) is 6.08. The fraction of sp³-hybridized carbons (Fsp3) is 0.562. The van der Waals surface area contributed by atoms with Crippen LogP contribution in [0.4, 0.5) is 0 Å². The van der Waals surface area contributed by atoms with Crippen LogP contribution >= 0.6 is 0 Å². The highest BCUT2D eigenvalue weighted by Crippen LogP contribution is 2.37. The minimum Gasteiger partial charge on any atom is -0.496 e. The smallest absolute Gasteiger partial charge is 0.127 e. The van der Waals surface area contributed by atoms with E-state index in [0.717, 1.165) is 22.4 Å². The summed E-state index contributed by atoms with van der Waals surface area (Å²) in [7, 11) is 1.66. The molecule has 0 aliphatic carbocycles. The van der Waals surface area contributed by atoms with Crippen molar-refractivity contribution in [2.24, 2.45) is 17.6 Å². The summed E-state index contributed by atoms with van der Waals surface area (Å²) in [5, 5.41) is 9.34. The van der Waals surface area contributed by atoms with Gasteiger partial charge in [0.25, 0.3) is 0 Å². The molecular formula is C16H24N2O. The Balaban J connectivity index is 3.42. The van der Waals surface area contributed by atoms with Crippen molar-refractivity contribution in [2.45, 2.75) is 40.7 Å². The van der Waals surface area contributed by atoms with Crippen molar-refractivity contribution >= 4 is 0 Å². The maximum Gasteiger partial charge on any atom is 0.127 e. The maximum atomic E-state index is 9.34. The molecule has 0 radical (unpaired) electrons. The van der Waals surface area contributed by atoms with E-state index in [0.29, 0.717) is 0 Å². The van der Waals surface area contributed by atoms with Crippen molar-refractivity contribution in [3.05, 3.63) is 28.3 Å². The lowest BCUT2D eigenvalue weighted by Crippen LogP contribution is -2.26. The van der Waals surface area contributed by atoms with Crippen LogP contribution < -0.4 is 10.5 Å². The third-order valence-electron chi connectivity index (χ3n) is 3.83. The van der Waals surface area contributed by atoms with Crippen molar-refractivity contribution in [3.8, 4) is 11.8 Å². The quantitative estimate of drug-likeness (QED) is 0.902. The summed E-state index contributed by atoms with van der Waals surface area (Å²) in [5.41, 5.74) is 10.7. The topological polar surface area (TPSA) is 59.0 Å². The molecule has 0 bridgehead atoms. The normalized spacial score (nSPS) is 14.1. The number of nitriles is 1. The zero-order chi connectivity index (χ0) is 14.7. The fourth-order valence-corrected chi connectivity index (χ4v) is 2.57. The monoisotopic (exact) mass is 260 g/mol. The summed E-state index contributed by atoms with van der Waals surface area (Å²) < 4.78 is 5.54. The first-order valence-corrected chi connectivity index (χ1v) is 6.65. The lowest BCUT2D eigenvalue weighted by atomic mass is 9.83. The SMILES string of the molecule is COc1c(C)c(C)cc(C)c1C(N)C(C#N)C(C)C. The van der Waals surface area contributed by atoms with Gasteiger partial charge in [-0.25, -0.2) is 0 Å². The molecular weight excluding hydrogens is 236 g/mol. The van der Waals surface area contributed by atoms with E-state index in [1.165, 1.54) is 5.56 Å². The van der Waals surface area contributed by atoms with Crippen LogP contribution in [0.3, 0.4) is 0 Å². The van der Waals surface area contributed by atoms with Gasteiger partial charge in [0.2, 0.25) is 0 Å². The Morgan fingerprint density at radius 1 is 1.21 bits per heavy atom. The third kappa shape index (κ3) is 2.90. The van der Waals surface area contributed by atoms with Crippen LogP contribution in [0, 0.1) is 43.9 Å². The molecule has 2 unspecified atom stereocenters. The number of nitrogens with two attached hydrogens (primary N) is 1. The van der Waals surface area contributed by atoms with E-state index in [1.54, 1.807) is 7.11 Å². The molecule has 0 aromatic heterocycles. The molecule has 0 aliphatic heterocycles. The summed E-state index contributed by atoms with van der Waals surface area (Å²) >= 11 is 0. The summed E-state index contributed by atoms with van der Waals surface area (Å²) in [6.45, 7) is 10.2. The number of benzene rings is 1. The van der Waals surface area contributed by atoms with E-state index in [4.69, 9.17) is 10.5 Å². The van der Waals surface area contributed by atoms with Crippen LogP contribution in [0.15, 0.2) is 6.07 Å². The molecule has 2 atom stereocenters. The van der Waals surface area contributed by atoms with Gasteiger partial charge in [0.15, 0.2) is 0 Å². The van der Waals surface area contributed by atoms with Crippen LogP contribution in [0.25, 0.3) is 0 Å². The first kappa shape index (κ1) is 15.5. The van der Waals surface area contributed by atoms with Gasteiger partial charge < -0.3 is 10.5 Å². The largest absolute Gasteiger partial charge is 0.496 e. The third-order valence-corrected chi connectivity index (χ3v) is 3.83. The molecule has 0 heterocycles. The molecule has 104 valence electrons. The zero-order valence-corrected chi connectivity index (χ0v) is 12.7. The van der Waals surface area contributed by atoms with Crippen LogP contribution in [0.2, 0.25) is 0 Å². The summed E-state index contributed by atoms with van der Waals surface area (Å²) in [6.07, 6.45) is 0. The van der Waals surface area contributed by atoms with Crippen molar-refractivity contribution in [2.75, 3.05) is 7.11 Å². The minimum atomic E-state index is -0.320. The number of aryl methyl sites for hydroxylation is 2. The fourth-order valence-electron chi connectivity index (χ4n) is 2.57. The minimum absolute atomic E-state index is 0.213. The van der Waals surface area contributed by atoms with Crippen LogP contribution in [0.1, 0.15) is 42.1 Å². The average Bonchev–Trinajstić information content (AvgIpc) is 2.33. The van der Waals surface area contributed by atoms with Crippen LogP contribution in [-0.4, -0.2) is 7.11 Å². The van der Waals surface area contributed by atoms with E-state index < -0.39 is 0 Å². The highest BCUT2D eigenvalue weighted by atomic mass is 16.5. The highest BCUT2D eigenvalue weighted by molar-refractivity contribution is 5.51. The van der Waals surface area contributed by atoms with Gasteiger partial charge in [0.05, 0.1) is 19.1 Å². The van der Waals surface area contributed by atoms with Crippen LogP contribution in [-0.2, 0) is 0 Å². The van der Waals surface area contributed by atoms with E-state index in [-0.39, 0.29) is 17.9 Å². The standard InChI is InChI=1S/C16H24N2O/c1-9(2)13(8-17)15(18)14-11(4)7-10(3)12(5)16(14)19-6/h7,9,13,15H,18H2,1-6H3. The molecule has 1 aromatic carbocycles. The number of methoxy groups -OCH3 is 1. The maximum absolute atomic E-state index is 9.34. The Kier molecular flexibility index (Phi) is 4.97. The van der Waals surface area contributed by atoms with Gasteiger partial charge in [-0.1, -0.05) is 19.9 Å². The molecule has 1 aromatic rings. The molecule has 1 rings (SSSR count). The lowest BCUT2D eigenvalue weighted by Gasteiger charge is -2.26. The van der Waals surface area contributed by atoms with Gasteiger partial charge in [0.1, 0.15) is 5.75 Å². The first-order valence-electron chi connectivity index (χ1n) is 6.65. The van der Waals surface area contributed by atoms with Gasteiger partial charge in [-0.2, -0.15) is 5.26 Å².